The van der Waals surface area contributed by atoms with Crippen LogP contribution >= 0.6 is 0 Å². The zero-order valence-electron chi connectivity index (χ0n) is 14.7. The molecule has 148 valence electrons. The fraction of sp³-hybridized carbons (Fsp3) is 0.263. The molecule has 6 nitrogen and oxygen atoms in total. The Kier molecular flexibility index (Phi) is 5.72. The van der Waals surface area contributed by atoms with E-state index < -0.39 is 18.4 Å². The van der Waals surface area contributed by atoms with Crippen molar-refractivity contribution in [2.45, 2.75) is 25.2 Å². The molecule has 1 heterocycles. The number of likely N-dealkylation sites (tertiary alicyclic amines) is 1. The monoisotopic (exact) mass is 393 g/mol. The summed E-state index contributed by atoms with van der Waals surface area (Å²) in [5, 5.41) is 5.37. The third kappa shape index (κ3) is 5.15. The van der Waals surface area contributed by atoms with Gasteiger partial charge in [0.05, 0.1) is 0 Å². The molecule has 2 N–H and O–H groups in total. The van der Waals surface area contributed by atoms with Crippen molar-refractivity contribution >= 4 is 23.3 Å². The predicted octanol–water partition coefficient (Wildman–Crippen LogP) is 4.22. The number of amides is 3. The molecule has 1 aliphatic rings. The van der Waals surface area contributed by atoms with E-state index in [-0.39, 0.29) is 11.7 Å². The summed E-state index contributed by atoms with van der Waals surface area (Å²) in [6, 6.07) is 12.6. The van der Waals surface area contributed by atoms with Crippen LogP contribution in [0.1, 0.15) is 12.8 Å². The van der Waals surface area contributed by atoms with Crippen LogP contribution in [0.3, 0.4) is 0 Å². The third-order valence-corrected chi connectivity index (χ3v) is 4.20. The van der Waals surface area contributed by atoms with Gasteiger partial charge in [-0.05, 0) is 49.2 Å². The van der Waals surface area contributed by atoms with Crippen molar-refractivity contribution in [1.82, 2.24) is 4.90 Å². The van der Waals surface area contributed by atoms with Gasteiger partial charge >= 0.3 is 12.4 Å². The summed E-state index contributed by atoms with van der Waals surface area (Å²) in [5.74, 6) is -0.667. The van der Waals surface area contributed by atoms with Crippen LogP contribution in [0.2, 0.25) is 0 Å². The molecule has 0 aliphatic carbocycles. The largest absolute Gasteiger partial charge is 0.573 e. The quantitative estimate of drug-likeness (QED) is 0.817. The number of para-hydroxylation sites is 1. The minimum absolute atomic E-state index is 0.284. The molecular formula is C19H18F3N3O3. The van der Waals surface area contributed by atoms with Gasteiger partial charge in [-0.1, -0.05) is 18.2 Å². The Morgan fingerprint density at radius 3 is 2.25 bits per heavy atom. The molecule has 0 aromatic heterocycles. The lowest BCUT2D eigenvalue weighted by atomic mass is 10.2. The number of carbonyl (C=O) groups excluding carboxylic acids is 2. The normalized spacial score (nSPS) is 16.5. The molecule has 1 aliphatic heterocycles. The van der Waals surface area contributed by atoms with Crippen LogP contribution in [0, 0.1) is 0 Å². The van der Waals surface area contributed by atoms with E-state index in [2.05, 4.69) is 15.4 Å². The Bertz CT molecular complexity index is 826. The van der Waals surface area contributed by atoms with Crippen molar-refractivity contribution in [1.29, 1.82) is 0 Å². The fourth-order valence-corrected chi connectivity index (χ4v) is 2.96. The van der Waals surface area contributed by atoms with Crippen LogP contribution in [0.25, 0.3) is 0 Å². The van der Waals surface area contributed by atoms with Crippen molar-refractivity contribution in [3.8, 4) is 5.75 Å². The van der Waals surface area contributed by atoms with Crippen LogP contribution in [0.15, 0.2) is 54.6 Å². The van der Waals surface area contributed by atoms with E-state index in [1.54, 1.807) is 24.3 Å². The number of hydrogen-bond acceptors (Lipinski definition) is 3. The van der Waals surface area contributed by atoms with Crippen LogP contribution < -0.4 is 15.4 Å². The molecule has 0 bridgehead atoms. The molecule has 3 amide bonds. The van der Waals surface area contributed by atoms with Crippen molar-refractivity contribution < 1.29 is 27.5 Å². The fourth-order valence-electron chi connectivity index (χ4n) is 2.96. The second-order valence-electron chi connectivity index (χ2n) is 6.21. The van der Waals surface area contributed by atoms with Gasteiger partial charge < -0.3 is 20.3 Å². The van der Waals surface area contributed by atoms with Crippen molar-refractivity contribution in [2.75, 3.05) is 17.2 Å². The highest BCUT2D eigenvalue weighted by molar-refractivity contribution is 5.99. The van der Waals surface area contributed by atoms with Gasteiger partial charge in [0, 0.05) is 17.9 Å². The van der Waals surface area contributed by atoms with E-state index >= 15 is 0 Å². The molecule has 2 aromatic carbocycles. The number of halogens is 3. The number of urea groups is 1. The number of alkyl halides is 3. The summed E-state index contributed by atoms with van der Waals surface area (Å²) in [7, 11) is 0. The standard InChI is InChI=1S/C19H18F3N3O3/c20-19(21,22)28-15-10-8-14(9-11-15)24-18(27)25-12-4-7-16(25)17(26)23-13-5-2-1-3-6-13/h1-3,5-6,8-11,16H,4,7,12H2,(H,23,26)(H,24,27). The molecule has 0 spiro atoms. The van der Waals surface area contributed by atoms with E-state index in [1.165, 1.54) is 17.0 Å². The first-order chi connectivity index (χ1) is 13.3. The van der Waals surface area contributed by atoms with E-state index in [0.29, 0.717) is 30.8 Å². The summed E-state index contributed by atoms with van der Waals surface area (Å²) >= 11 is 0. The third-order valence-electron chi connectivity index (χ3n) is 4.20. The van der Waals surface area contributed by atoms with Crippen molar-refractivity contribution in [3.63, 3.8) is 0 Å². The van der Waals surface area contributed by atoms with Gasteiger partial charge in [0.15, 0.2) is 0 Å². The number of hydrogen-bond donors (Lipinski definition) is 2. The highest BCUT2D eigenvalue weighted by atomic mass is 19.4. The number of carbonyl (C=O) groups is 2. The Hall–Kier alpha value is -3.23. The lowest BCUT2D eigenvalue weighted by Gasteiger charge is -2.24. The van der Waals surface area contributed by atoms with E-state index in [4.69, 9.17) is 0 Å². The van der Waals surface area contributed by atoms with Crippen LogP contribution in [0.4, 0.5) is 29.3 Å². The molecule has 3 rings (SSSR count). The first kappa shape index (κ1) is 19.5. The second kappa shape index (κ2) is 8.20. The number of nitrogens with zero attached hydrogens (tertiary/aromatic N) is 1. The smallest absolute Gasteiger partial charge is 0.406 e. The summed E-state index contributed by atoms with van der Waals surface area (Å²) in [4.78, 5) is 26.4. The van der Waals surface area contributed by atoms with Crippen molar-refractivity contribution in [2.24, 2.45) is 0 Å². The van der Waals surface area contributed by atoms with Crippen LogP contribution in [-0.4, -0.2) is 35.8 Å². The Balaban J connectivity index is 1.60. The summed E-state index contributed by atoms with van der Waals surface area (Å²) in [6.07, 6.45) is -3.57. The molecule has 1 fully saturated rings. The maximum atomic E-state index is 12.5. The molecule has 9 heteroatoms. The van der Waals surface area contributed by atoms with E-state index in [9.17, 15) is 22.8 Å². The first-order valence-corrected chi connectivity index (χ1v) is 8.61. The van der Waals surface area contributed by atoms with Gasteiger partial charge in [-0.3, -0.25) is 4.79 Å². The molecule has 1 atom stereocenters. The molecule has 0 saturated carbocycles. The van der Waals surface area contributed by atoms with Crippen molar-refractivity contribution in [3.05, 3.63) is 54.6 Å². The Labute approximate surface area is 159 Å². The summed E-state index contributed by atoms with van der Waals surface area (Å²) < 4.78 is 40.4. The Morgan fingerprint density at radius 1 is 0.964 bits per heavy atom. The molecule has 1 unspecified atom stereocenters. The molecule has 0 radical (unpaired) electrons. The molecule has 2 aromatic rings. The van der Waals surface area contributed by atoms with Crippen LogP contribution in [-0.2, 0) is 4.79 Å². The average Bonchev–Trinajstić information content (AvgIpc) is 3.13. The summed E-state index contributed by atoms with van der Waals surface area (Å²) in [6.45, 7) is 0.411. The van der Waals surface area contributed by atoms with Gasteiger partial charge in [-0.2, -0.15) is 0 Å². The maximum Gasteiger partial charge on any atom is 0.573 e. The topological polar surface area (TPSA) is 70.7 Å². The minimum Gasteiger partial charge on any atom is -0.406 e. The number of benzene rings is 2. The average molecular weight is 393 g/mol. The predicted molar refractivity (Wildman–Crippen MR) is 96.9 cm³/mol. The minimum atomic E-state index is -4.78. The SMILES string of the molecule is O=C(Nc1ccccc1)C1CCCN1C(=O)Nc1ccc(OC(F)(F)F)cc1. The zero-order chi connectivity index (χ0) is 20.1. The number of ether oxygens (including phenoxy) is 1. The van der Waals surface area contributed by atoms with E-state index in [1.807, 2.05) is 6.07 Å². The zero-order valence-corrected chi connectivity index (χ0v) is 14.7. The van der Waals surface area contributed by atoms with Gasteiger partial charge in [0.2, 0.25) is 5.91 Å². The Morgan fingerprint density at radius 2 is 1.61 bits per heavy atom. The van der Waals surface area contributed by atoms with Gasteiger partial charge in [0.1, 0.15) is 11.8 Å². The highest BCUT2D eigenvalue weighted by Gasteiger charge is 2.34. The first-order valence-electron chi connectivity index (χ1n) is 8.61. The molecule has 28 heavy (non-hydrogen) atoms. The number of anilines is 2. The number of rotatable bonds is 4. The second-order valence-corrected chi connectivity index (χ2v) is 6.21. The van der Waals surface area contributed by atoms with Crippen LogP contribution in [0.5, 0.6) is 5.75 Å². The van der Waals surface area contributed by atoms with E-state index in [0.717, 1.165) is 12.1 Å². The molecule has 1 saturated heterocycles. The van der Waals surface area contributed by atoms with Gasteiger partial charge in [-0.25, -0.2) is 4.79 Å². The van der Waals surface area contributed by atoms with Gasteiger partial charge in [0.25, 0.3) is 0 Å². The lowest BCUT2D eigenvalue weighted by molar-refractivity contribution is -0.274. The number of nitrogens with one attached hydrogen (secondary N) is 2. The lowest BCUT2D eigenvalue weighted by Crippen LogP contribution is -2.45. The van der Waals surface area contributed by atoms with Gasteiger partial charge in [-0.15, -0.1) is 13.2 Å². The molecular weight excluding hydrogens is 375 g/mol. The maximum absolute atomic E-state index is 12.5. The highest BCUT2D eigenvalue weighted by Crippen LogP contribution is 2.25. The summed E-state index contributed by atoms with van der Waals surface area (Å²) in [5.41, 5.74) is 0.939.